The van der Waals surface area contributed by atoms with E-state index in [0.29, 0.717) is 0 Å². The van der Waals surface area contributed by atoms with Crippen LogP contribution in [-0.4, -0.2) is 17.6 Å². The lowest BCUT2D eigenvalue weighted by Crippen LogP contribution is -2.37. The molecule has 0 bridgehead atoms. The van der Waals surface area contributed by atoms with E-state index in [2.05, 4.69) is 35.0 Å². The number of aromatic nitrogens is 1. The van der Waals surface area contributed by atoms with Crippen molar-refractivity contribution in [3.05, 3.63) is 54.4 Å². The zero-order chi connectivity index (χ0) is 12.4. The molecule has 0 fully saturated rings. The van der Waals surface area contributed by atoms with Crippen molar-refractivity contribution in [3.63, 3.8) is 0 Å². The van der Waals surface area contributed by atoms with Gasteiger partial charge in [0.15, 0.2) is 0 Å². The van der Waals surface area contributed by atoms with Crippen molar-refractivity contribution in [1.29, 1.82) is 0 Å². The molecule has 1 aliphatic heterocycles. The second-order valence-electron chi connectivity index (χ2n) is 4.64. The summed E-state index contributed by atoms with van der Waals surface area (Å²) in [5.41, 5.74) is 2.39. The van der Waals surface area contributed by atoms with Crippen LogP contribution in [0.4, 0.5) is 5.69 Å². The number of nitrogens with zero attached hydrogens (tertiary/aromatic N) is 2. The van der Waals surface area contributed by atoms with Crippen LogP contribution in [0.2, 0.25) is 0 Å². The highest BCUT2D eigenvalue weighted by Crippen LogP contribution is 2.33. The largest absolute Gasteiger partial charge is 0.487 e. The van der Waals surface area contributed by atoms with Crippen LogP contribution in [0, 0.1) is 0 Å². The fraction of sp³-hybridized carbons (Fsp3) is 0.267. The average molecular weight is 240 g/mol. The molecule has 0 aliphatic carbocycles. The first-order valence-corrected chi connectivity index (χ1v) is 6.22. The molecule has 0 saturated heterocycles. The predicted molar refractivity (Wildman–Crippen MR) is 71.8 cm³/mol. The molecule has 0 N–H and O–H groups in total. The number of rotatable bonds is 2. The number of hydrogen-bond donors (Lipinski definition) is 0. The number of benzene rings is 1. The van der Waals surface area contributed by atoms with Crippen molar-refractivity contribution in [2.24, 2.45) is 0 Å². The molecule has 2 heterocycles. The Morgan fingerprint density at radius 1 is 1.28 bits per heavy atom. The zero-order valence-corrected chi connectivity index (χ0v) is 10.4. The Morgan fingerprint density at radius 3 is 3.00 bits per heavy atom. The van der Waals surface area contributed by atoms with E-state index in [4.69, 9.17) is 4.74 Å². The SMILES string of the molecule is CC1CN(Cc2cccnc2)c2ccccc2O1. The second-order valence-corrected chi connectivity index (χ2v) is 4.64. The minimum atomic E-state index is 0.219. The minimum Gasteiger partial charge on any atom is -0.487 e. The molecule has 1 atom stereocenters. The summed E-state index contributed by atoms with van der Waals surface area (Å²) in [6.45, 7) is 3.89. The molecule has 1 unspecified atom stereocenters. The topological polar surface area (TPSA) is 25.4 Å². The number of fused-ring (bicyclic) bond motifs is 1. The molecule has 3 nitrogen and oxygen atoms in total. The first-order valence-electron chi connectivity index (χ1n) is 6.22. The van der Waals surface area contributed by atoms with Crippen molar-refractivity contribution >= 4 is 5.69 Å². The molecular weight excluding hydrogens is 224 g/mol. The summed E-state index contributed by atoms with van der Waals surface area (Å²) in [5.74, 6) is 0.972. The Kier molecular flexibility index (Phi) is 2.89. The summed E-state index contributed by atoms with van der Waals surface area (Å²) in [6, 6.07) is 12.3. The molecule has 0 saturated carbocycles. The van der Waals surface area contributed by atoms with E-state index in [0.717, 1.165) is 18.8 Å². The number of hydrogen-bond acceptors (Lipinski definition) is 3. The van der Waals surface area contributed by atoms with E-state index >= 15 is 0 Å². The summed E-state index contributed by atoms with van der Waals surface area (Å²) in [6.07, 6.45) is 3.94. The predicted octanol–water partition coefficient (Wildman–Crippen LogP) is 2.87. The molecular formula is C15H16N2O. The molecule has 0 radical (unpaired) electrons. The Bertz CT molecular complexity index is 527. The van der Waals surface area contributed by atoms with E-state index in [1.54, 1.807) is 6.20 Å². The van der Waals surface area contributed by atoms with Crippen molar-refractivity contribution in [2.45, 2.75) is 19.6 Å². The molecule has 0 spiro atoms. The Hall–Kier alpha value is -2.03. The maximum absolute atomic E-state index is 5.84. The highest BCUT2D eigenvalue weighted by Gasteiger charge is 2.22. The van der Waals surface area contributed by atoms with Gasteiger partial charge in [0.2, 0.25) is 0 Å². The van der Waals surface area contributed by atoms with Gasteiger partial charge in [0.05, 0.1) is 12.2 Å². The molecule has 92 valence electrons. The maximum atomic E-state index is 5.84. The van der Waals surface area contributed by atoms with Crippen molar-refractivity contribution in [1.82, 2.24) is 4.98 Å². The van der Waals surface area contributed by atoms with Gasteiger partial charge in [-0.2, -0.15) is 0 Å². The van der Waals surface area contributed by atoms with Gasteiger partial charge in [0.25, 0.3) is 0 Å². The van der Waals surface area contributed by atoms with Crippen LogP contribution in [-0.2, 0) is 6.54 Å². The van der Waals surface area contributed by atoms with Gasteiger partial charge < -0.3 is 9.64 Å². The minimum absolute atomic E-state index is 0.219. The van der Waals surface area contributed by atoms with Crippen LogP contribution in [0.25, 0.3) is 0 Å². The molecule has 1 aromatic carbocycles. The summed E-state index contributed by atoms with van der Waals surface area (Å²) in [4.78, 5) is 6.51. The fourth-order valence-corrected chi connectivity index (χ4v) is 2.34. The van der Waals surface area contributed by atoms with Gasteiger partial charge in [-0.3, -0.25) is 4.98 Å². The lowest BCUT2D eigenvalue weighted by atomic mass is 10.1. The Balaban J connectivity index is 1.89. The van der Waals surface area contributed by atoms with E-state index in [-0.39, 0.29) is 6.10 Å². The smallest absolute Gasteiger partial charge is 0.143 e. The van der Waals surface area contributed by atoms with Crippen LogP contribution in [0.15, 0.2) is 48.8 Å². The fourth-order valence-electron chi connectivity index (χ4n) is 2.34. The number of pyridine rings is 1. The third-order valence-electron chi connectivity index (χ3n) is 3.11. The highest BCUT2D eigenvalue weighted by molar-refractivity contribution is 5.60. The summed E-state index contributed by atoms with van der Waals surface area (Å²) >= 11 is 0. The van der Waals surface area contributed by atoms with Crippen molar-refractivity contribution in [3.8, 4) is 5.75 Å². The molecule has 3 heteroatoms. The molecule has 18 heavy (non-hydrogen) atoms. The maximum Gasteiger partial charge on any atom is 0.143 e. The van der Waals surface area contributed by atoms with Gasteiger partial charge in [-0.1, -0.05) is 18.2 Å². The summed E-state index contributed by atoms with van der Waals surface area (Å²) in [7, 11) is 0. The van der Waals surface area contributed by atoms with Crippen molar-refractivity contribution < 1.29 is 4.74 Å². The number of para-hydroxylation sites is 2. The van der Waals surface area contributed by atoms with Crippen LogP contribution >= 0.6 is 0 Å². The van der Waals surface area contributed by atoms with Gasteiger partial charge in [-0.15, -0.1) is 0 Å². The van der Waals surface area contributed by atoms with Gasteiger partial charge in [-0.05, 0) is 30.7 Å². The molecule has 3 rings (SSSR count). The molecule has 1 aliphatic rings. The summed E-state index contributed by atoms with van der Waals surface area (Å²) < 4.78 is 5.84. The lowest BCUT2D eigenvalue weighted by molar-refractivity contribution is 0.212. The Labute approximate surface area is 107 Å². The van der Waals surface area contributed by atoms with Gasteiger partial charge >= 0.3 is 0 Å². The van der Waals surface area contributed by atoms with E-state index in [1.165, 1.54) is 11.3 Å². The molecule has 1 aromatic heterocycles. The summed E-state index contributed by atoms with van der Waals surface area (Å²) in [5, 5.41) is 0. The van der Waals surface area contributed by atoms with Crippen LogP contribution in [0.1, 0.15) is 12.5 Å². The van der Waals surface area contributed by atoms with Crippen LogP contribution in [0.5, 0.6) is 5.75 Å². The second kappa shape index (κ2) is 4.69. The van der Waals surface area contributed by atoms with Gasteiger partial charge in [-0.25, -0.2) is 0 Å². The normalized spacial score (nSPS) is 18.1. The highest BCUT2D eigenvalue weighted by atomic mass is 16.5. The van der Waals surface area contributed by atoms with E-state index in [9.17, 15) is 0 Å². The molecule has 2 aromatic rings. The average Bonchev–Trinajstić information content (AvgIpc) is 2.40. The van der Waals surface area contributed by atoms with Gasteiger partial charge in [0.1, 0.15) is 11.9 Å². The first-order chi connectivity index (χ1) is 8.83. The monoisotopic (exact) mass is 240 g/mol. The number of ether oxygens (including phenoxy) is 1. The van der Waals surface area contributed by atoms with E-state index in [1.807, 2.05) is 24.4 Å². The Morgan fingerprint density at radius 2 is 2.17 bits per heavy atom. The van der Waals surface area contributed by atoms with E-state index < -0.39 is 0 Å². The quantitative estimate of drug-likeness (QED) is 0.807. The first kappa shape index (κ1) is 11.1. The third-order valence-corrected chi connectivity index (χ3v) is 3.11. The number of anilines is 1. The standard InChI is InChI=1S/C15H16N2O/c1-12-10-17(11-13-5-4-8-16-9-13)14-6-2-3-7-15(14)18-12/h2-9,12H,10-11H2,1H3. The van der Waals surface area contributed by atoms with Crippen molar-refractivity contribution in [2.75, 3.05) is 11.4 Å². The zero-order valence-electron chi connectivity index (χ0n) is 10.4. The van der Waals surface area contributed by atoms with Crippen LogP contribution < -0.4 is 9.64 Å². The third kappa shape index (κ3) is 2.16. The molecule has 0 amide bonds. The van der Waals surface area contributed by atoms with Crippen LogP contribution in [0.3, 0.4) is 0 Å². The lowest BCUT2D eigenvalue weighted by Gasteiger charge is -2.34. The van der Waals surface area contributed by atoms with Gasteiger partial charge in [0, 0.05) is 18.9 Å².